The summed E-state index contributed by atoms with van der Waals surface area (Å²) in [6, 6.07) is 6.18. The van der Waals surface area contributed by atoms with Gasteiger partial charge >= 0.3 is 6.36 Å². The molecule has 6 heteroatoms. The van der Waals surface area contributed by atoms with Gasteiger partial charge in [0.1, 0.15) is 5.75 Å². The fraction of sp³-hybridized carbons (Fsp3) is 0.500. The fourth-order valence-electron chi connectivity index (χ4n) is 2.06. The van der Waals surface area contributed by atoms with Crippen LogP contribution in [-0.2, 0) is 11.3 Å². The van der Waals surface area contributed by atoms with Crippen molar-refractivity contribution in [3.05, 3.63) is 36.2 Å². The Morgan fingerprint density at radius 1 is 1.25 bits per heavy atom. The Bertz CT molecular complexity index is 417. The Labute approximate surface area is 116 Å². The SMILES string of the molecule is FC(F)(F)Oc1ccccc1COCC1[CH]CCCN1. The number of halogens is 3. The third-order valence-corrected chi connectivity index (χ3v) is 2.99. The minimum absolute atomic E-state index is 0.0955. The third-order valence-electron chi connectivity index (χ3n) is 2.99. The van der Waals surface area contributed by atoms with E-state index in [2.05, 4.69) is 16.5 Å². The molecule has 1 saturated heterocycles. The molecule has 1 atom stereocenters. The average molecular weight is 288 g/mol. The van der Waals surface area contributed by atoms with Gasteiger partial charge in [0.15, 0.2) is 0 Å². The lowest BCUT2D eigenvalue weighted by Gasteiger charge is -2.23. The van der Waals surface area contributed by atoms with Crippen molar-refractivity contribution in [2.75, 3.05) is 13.2 Å². The second-order valence-corrected chi connectivity index (χ2v) is 4.61. The van der Waals surface area contributed by atoms with Crippen LogP contribution < -0.4 is 10.1 Å². The highest BCUT2D eigenvalue weighted by Crippen LogP contribution is 2.26. The van der Waals surface area contributed by atoms with Gasteiger partial charge in [-0.3, -0.25) is 0 Å². The van der Waals surface area contributed by atoms with E-state index in [1.807, 2.05) is 0 Å². The van der Waals surface area contributed by atoms with E-state index < -0.39 is 6.36 Å². The van der Waals surface area contributed by atoms with Crippen molar-refractivity contribution < 1.29 is 22.6 Å². The van der Waals surface area contributed by atoms with Crippen molar-refractivity contribution in [3.8, 4) is 5.75 Å². The minimum Gasteiger partial charge on any atom is -0.405 e. The largest absolute Gasteiger partial charge is 0.573 e. The lowest BCUT2D eigenvalue weighted by molar-refractivity contribution is -0.275. The van der Waals surface area contributed by atoms with E-state index in [4.69, 9.17) is 4.74 Å². The van der Waals surface area contributed by atoms with Crippen molar-refractivity contribution in [2.45, 2.75) is 31.9 Å². The molecule has 1 aliphatic rings. The summed E-state index contributed by atoms with van der Waals surface area (Å²) in [5, 5.41) is 3.27. The lowest BCUT2D eigenvalue weighted by atomic mass is 10.1. The van der Waals surface area contributed by atoms with Gasteiger partial charge < -0.3 is 14.8 Å². The first-order valence-corrected chi connectivity index (χ1v) is 6.53. The Hall–Kier alpha value is -1.27. The average Bonchev–Trinajstić information content (AvgIpc) is 2.40. The second kappa shape index (κ2) is 6.95. The van der Waals surface area contributed by atoms with Crippen LogP contribution in [0.1, 0.15) is 18.4 Å². The highest BCUT2D eigenvalue weighted by molar-refractivity contribution is 5.32. The van der Waals surface area contributed by atoms with Crippen LogP contribution in [0.4, 0.5) is 13.2 Å². The molecule has 0 bridgehead atoms. The third kappa shape index (κ3) is 5.02. The monoisotopic (exact) mass is 288 g/mol. The van der Waals surface area contributed by atoms with E-state index in [1.54, 1.807) is 12.1 Å². The maximum Gasteiger partial charge on any atom is 0.573 e. The van der Waals surface area contributed by atoms with Crippen molar-refractivity contribution in [1.82, 2.24) is 5.32 Å². The van der Waals surface area contributed by atoms with Crippen LogP contribution in [0.25, 0.3) is 0 Å². The molecular weight excluding hydrogens is 271 g/mol. The van der Waals surface area contributed by atoms with Gasteiger partial charge in [-0.05, 0) is 31.9 Å². The molecule has 1 radical (unpaired) electrons. The zero-order chi connectivity index (χ0) is 14.4. The minimum atomic E-state index is -4.69. The van der Waals surface area contributed by atoms with Crippen molar-refractivity contribution in [2.24, 2.45) is 0 Å². The molecule has 1 N–H and O–H groups in total. The van der Waals surface area contributed by atoms with Gasteiger partial charge in [-0.25, -0.2) is 0 Å². The number of rotatable bonds is 5. The summed E-state index contributed by atoms with van der Waals surface area (Å²) >= 11 is 0. The number of alkyl halides is 3. The molecule has 1 aromatic carbocycles. The number of hydrogen-bond donors (Lipinski definition) is 1. The first-order chi connectivity index (χ1) is 9.54. The Balaban J connectivity index is 1.85. The van der Waals surface area contributed by atoms with E-state index in [0.29, 0.717) is 12.2 Å². The summed E-state index contributed by atoms with van der Waals surface area (Å²) in [5.74, 6) is -0.208. The molecule has 0 amide bonds. The van der Waals surface area contributed by atoms with Crippen LogP contribution in [0.15, 0.2) is 24.3 Å². The Morgan fingerprint density at radius 3 is 2.75 bits per heavy atom. The van der Waals surface area contributed by atoms with Crippen LogP contribution >= 0.6 is 0 Å². The molecule has 1 unspecified atom stereocenters. The van der Waals surface area contributed by atoms with Crippen molar-refractivity contribution in [3.63, 3.8) is 0 Å². The molecule has 2 rings (SSSR count). The molecular formula is C14H17F3NO2. The summed E-state index contributed by atoms with van der Waals surface area (Å²) < 4.78 is 46.2. The highest BCUT2D eigenvalue weighted by Gasteiger charge is 2.32. The van der Waals surface area contributed by atoms with E-state index in [0.717, 1.165) is 19.4 Å². The summed E-state index contributed by atoms with van der Waals surface area (Å²) in [5.41, 5.74) is 0.389. The van der Waals surface area contributed by atoms with Gasteiger partial charge in [-0.2, -0.15) is 0 Å². The standard InChI is InChI=1S/C14H17F3NO2/c15-14(16,17)20-13-7-2-1-5-11(13)9-19-10-12-6-3-4-8-18-12/h1-2,5-7,12,18H,3-4,8-10H2. The number of ether oxygens (including phenoxy) is 2. The number of piperidine rings is 1. The predicted molar refractivity (Wildman–Crippen MR) is 68.1 cm³/mol. The van der Waals surface area contributed by atoms with Gasteiger partial charge in [-0.15, -0.1) is 13.2 Å². The normalized spacial score (nSPS) is 19.9. The van der Waals surface area contributed by atoms with Crippen LogP contribution in [0.3, 0.4) is 0 Å². The maximum atomic E-state index is 12.3. The highest BCUT2D eigenvalue weighted by atomic mass is 19.4. The summed E-state index contributed by atoms with van der Waals surface area (Å²) in [7, 11) is 0. The van der Waals surface area contributed by atoms with E-state index in [9.17, 15) is 13.2 Å². The van der Waals surface area contributed by atoms with Crippen LogP contribution in [0.5, 0.6) is 5.75 Å². The first kappa shape index (κ1) is 15.1. The van der Waals surface area contributed by atoms with Gasteiger partial charge in [0.25, 0.3) is 0 Å². The molecule has 1 heterocycles. The van der Waals surface area contributed by atoms with Crippen LogP contribution in [0, 0.1) is 6.42 Å². The smallest absolute Gasteiger partial charge is 0.405 e. The Morgan fingerprint density at radius 2 is 2.05 bits per heavy atom. The fourth-order valence-corrected chi connectivity index (χ4v) is 2.06. The Kier molecular flexibility index (Phi) is 5.25. The maximum absolute atomic E-state index is 12.3. The van der Waals surface area contributed by atoms with Crippen molar-refractivity contribution in [1.29, 1.82) is 0 Å². The molecule has 3 nitrogen and oxygen atoms in total. The lowest BCUT2D eigenvalue weighted by Crippen LogP contribution is -2.38. The number of nitrogens with one attached hydrogen (secondary N) is 1. The van der Waals surface area contributed by atoms with E-state index >= 15 is 0 Å². The zero-order valence-corrected chi connectivity index (χ0v) is 11.0. The van der Waals surface area contributed by atoms with Crippen LogP contribution in [0.2, 0.25) is 0 Å². The molecule has 0 aromatic heterocycles. The van der Waals surface area contributed by atoms with Gasteiger partial charge in [-0.1, -0.05) is 18.2 Å². The molecule has 20 heavy (non-hydrogen) atoms. The van der Waals surface area contributed by atoms with Gasteiger partial charge in [0.05, 0.1) is 13.2 Å². The molecule has 1 fully saturated rings. The van der Waals surface area contributed by atoms with Crippen molar-refractivity contribution >= 4 is 0 Å². The number of para-hydroxylation sites is 1. The van der Waals surface area contributed by atoms with Gasteiger partial charge in [0, 0.05) is 11.6 Å². The molecule has 1 aromatic rings. The second-order valence-electron chi connectivity index (χ2n) is 4.61. The number of benzene rings is 1. The first-order valence-electron chi connectivity index (χ1n) is 6.53. The molecule has 1 aliphatic heterocycles. The number of hydrogen-bond acceptors (Lipinski definition) is 3. The summed E-state index contributed by atoms with van der Waals surface area (Å²) in [6.07, 6.45) is -0.413. The molecule has 0 aliphatic carbocycles. The molecule has 0 spiro atoms. The summed E-state index contributed by atoms with van der Waals surface area (Å²) in [6.45, 7) is 1.48. The topological polar surface area (TPSA) is 30.5 Å². The van der Waals surface area contributed by atoms with E-state index in [1.165, 1.54) is 12.1 Å². The summed E-state index contributed by atoms with van der Waals surface area (Å²) in [4.78, 5) is 0. The molecule has 0 saturated carbocycles. The van der Waals surface area contributed by atoms with Crippen LogP contribution in [-0.4, -0.2) is 25.6 Å². The molecule has 111 valence electrons. The quantitative estimate of drug-likeness (QED) is 0.903. The van der Waals surface area contributed by atoms with E-state index in [-0.39, 0.29) is 18.4 Å². The zero-order valence-electron chi connectivity index (χ0n) is 11.0. The predicted octanol–water partition coefficient (Wildman–Crippen LogP) is 3.06. The van der Waals surface area contributed by atoms with Gasteiger partial charge in [0.2, 0.25) is 0 Å².